The van der Waals surface area contributed by atoms with E-state index in [0.717, 1.165) is 50.0 Å². The highest BCUT2D eigenvalue weighted by molar-refractivity contribution is 6.30. The van der Waals surface area contributed by atoms with Crippen molar-refractivity contribution in [3.8, 4) is 0 Å². The summed E-state index contributed by atoms with van der Waals surface area (Å²) >= 11 is 6.01. The monoisotopic (exact) mass is 356 g/mol. The number of nitrogens with one attached hydrogen (secondary N) is 1. The summed E-state index contributed by atoms with van der Waals surface area (Å²) in [5.41, 5.74) is 6.82. The van der Waals surface area contributed by atoms with Crippen molar-refractivity contribution in [1.82, 2.24) is 5.32 Å². The number of rotatable bonds is 4. The van der Waals surface area contributed by atoms with E-state index in [0.29, 0.717) is 12.5 Å². The first-order chi connectivity index (χ1) is 10.6. The van der Waals surface area contributed by atoms with Gasteiger partial charge in [0.2, 0.25) is 5.91 Å². The van der Waals surface area contributed by atoms with E-state index >= 15 is 0 Å². The van der Waals surface area contributed by atoms with Gasteiger partial charge in [0.15, 0.2) is 0 Å². The Morgan fingerprint density at radius 3 is 2.43 bits per heavy atom. The first-order valence-corrected chi connectivity index (χ1v) is 8.80. The molecule has 0 bridgehead atoms. The highest BCUT2D eigenvalue weighted by Crippen LogP contribution is 2.40. The van der Waals surface area contributed by atoms with E-state index in [4.69, 9.17) is 17.3 Å². The molecule has 5 heteroatoms. The van der Waals surface area contributed by atoms with E-state index in [1.807, 2.05) is 12.1 Å². The number of carbonyl (C=O) groups excluding carboxylic acids is 1. The Morgan fingerprint density at radius 1 is 1.17 bits per heavy atom. The summed E-state index contributed by atoms with van der Waals surface area (Å²) in [6.07, 6.45) is 7.53. The van der Waals surface area contributed by atoms with Crippen LogP contribution in [-0.4, -0.2) is 12.5 Å². The topological polar surface area (TPSA) is 55.1 Å². The zero-order chi connectivity index (χ0) is 15.6. The lowest BCUT2D eigenvalue weighted by atomic mass is 9.86. The van der Waals surface area contributed by atoms with E-state index in [1.54, 1.807) is 0 Å². The van der Waals surface area contributed by atoms with Crippen LogP contribution in [0.3, 0.4) is 0 Å². The van der Waals surface area contributed by atoms with Gasteiger partial charge < -0.3 is 11.1 Å². The van der Waals surface area contributed by atoms with Gasteiger partial charge in [-0.2, -0.15) is 0 Å². The molecule has 3 N–H and O–H groups in total. The fourth-order valence-electron chi connectivity index (χ4n) is 4.23. The minimum atomic E-state index is -0.205. The van der Waals surface area contributed by atoms with E-state index in [9.17, 15) is 4.79 Å². The quantitative estimate of drug-likeness (QED) is 0.855. The maximum Gasteiger partial charge on any atom is 0.224 e. The molecule has 2 aliphatic carbocycles. The molecule has 0 spiro atoms. The van der Waals surface area contributed by atoms with Gasteiger partial charge in [0, 0.05) is 10.9 Å². The van der Waals surface area contributed by atoms with Crippen LogP contribution >= 0.6 is 24.0 Å². The van der Waals surface area contributed by atoms with Crippen molar-refractivity contribution in [3.63, 3.8) is 0 Å². The lowest BCUT2D eigenvalue weighted by Gasteiger charge is -2.33. The summed E-state index contributed by atoms with van der Waals surface area (Å²) in [5, 5.41) is 4.13. The van der Waals surface area contributed by atoms with Gasteiger partial charge in [-0.05, 0) is 55.8 Å². The first kappa shape index (κ1) is 18.6. The molecule has 1 aromatic carbocycles. The number of hydrogen-bond donors (Lipinski definition) is 2. The number of halogens is 2. The summed E-state index contributed by atoms with van der Waals surface area (Å²) in [7, 11) is 0. The maximum atomic E-state index is 12.8. The molecule has 0 saturated heterocycles. The van der Waals surface area contributed by atoms with Crippen molar-refractivity contribution >= 4 is 29.9 Å². The minimum Gasteiger partial charge on any atom is -0.346 e. The minimum absolute atomic E-state index is 0. The van der Waals surface area contributed by atoms with Crippen LogP contribution in [-0.2, 0) is 10.3 Å². The molecule has 128 valence electrons. The summed E-state index contributed by atoms with van der Waals surface area (Å²) in [6.45, 7) is 0.617. The molecular formula is C18H26Cl2N2O. The smallest absolute Gasteiger partial charge is 0.224 e. The predicted molar refractivity (Wildman–Crippen MR) is 96.9 cm³/mol. The first-order valence-electron chi connectivity index (χ1n) is 8.43. The van der Waals surface area contributed by atoms with Gasteiger partial charge in [-0.25, -0.2) is 0 Å². The Kier molecular flexibility index (Phi) is 6.35. The average Bonchev–Trinajstić information content (AvgIpc) is 3.17. The Labute approximate surface area is 149 Å². The molecule has 3 nitrogen and oxygen atoms in total. The maximum absolute atomic E-state index is 12.8. The number of carbonyl (C=O) groups is 1. The van der Waals surface area contributed by atoms with Crippen molar-refractivity contribution in [1.29, 1.82) is 0 Å². The fourth-order valence-corrected chi connectivity index (χ4v) is 4.35. The second kappa shape index (κ2) is 7.87. The molecule has 0 aliphatic heterocycles. The molecule has 3 rings (SSSR count). The molecule has 2 atom stereocenters. The molecule has 2 saturated carbocycles. The molecule has 0 radical (unpaired) electrons. The largest absolute Gasteiger partial charge is 0.346 e. The van der Waals surface area contributed by atoms with Crippen LogP contribution in [0, 0.1) is 11.8 Å². The molecule has 2 fully saturated rings. The Balaban J connectivity index is 0.00000192. The highest BCUT2D eigenvalue weighted by atomic mass is 35.5. The Morgan fingerprint density at radius 2 is 1.83 bits per heavy atom. The number of nitrogens with two attached hydrogens (primary N) is 1. The number of amides is 1. The van der Waals surface area contributed by atoms with E-state index in [2.05, 4.69) is 17.4 Å². The molecule has 0 unspecified atom stereocenters. The lowest BCUT2D eigenvalue weighted by molar-refractivity contribution is -0.128. The van der Waals surface area contributed by atoms with Gasteiger partial charge in [0.1, 0.15) is 0 Å². The third-order valence-electron chi connectivity index (χ3n) is 5.51. The summed E-state index contributed by atoms with van der Waals surface area (Å²) in [4.78, 5) is 12.8. The third kappa shape index (κ3) is 3.84. The van der Waals surface area contributed by atoms with Gasteiger partial charge in [0.05, 0.1) is 5.54 Å². The van der Waals surface area contributed by atoms with Gasteiger partial charge in [-0.15, -0.1) is 12.4 Å². The summed E-state index contributed by atoms with van der Waals surface area (Å²) in [6, 6.07) is 7.95. The van der Waals surface area contributed by atoms with Crippen LogP contribution in [0.25, 0.3) is 0 Å². The van der Waals surface area contributed by atoms with Gasteiger partial charge in [-0.3, -0.25) is 4.79 Å². The normalized spacial score (nSPS) is 25.8. The summed E-state index contributed by atoms with van der Waals surface area (Å²) < 4.78 is 0. The van der Waals surface area contributed by atoms with E-state index in [-0.39, 0.29) is 29.8 Å². The van der Waals surface area contributed by atoms with Gasteiger partial charge in [-0.1, -0.05) is 43.0 Å². The van der Waals surface area contributed by atoms with Gasteiger partial charge >= 0.3 is 0 Å². The Hall–Kier alpha value is -0.770. The van der Waals surface area contributed by atoms with Crippen LogP contribution in [0.4, 0.5) is 0 Å². The molecule has 2 aliphatic rings. The second-order valence-electron chi connectivity index (χ2n) is 6.82. The molecule has 23 heavy (non-hydrogen) atoms. The van der Waals surface area contributed by atoms with E-state index in [1.165, 1.54) is 5.56 Å². The average molecular weight is 357 g/mol. The van der Waals surface area contributed by atoms with Crippen molar-refractivity contribution in [3.05, 3.63) is 34.9 Å². The van der Waals surface area contributed by atoms with Crippen molar-refractivity contribution in [2.45, 2.75) is 50.5 Å². The summed E-state index contributed by atoms with van der Waals surface area (Å²) in [5.74, 6) is 0.642. The Bertz CT molecular complexity index is 526. The van der Waals surface area contributed by atoms with Crippen LogP contribution in [0.15, 0.2) is 24.3 Å². The fraction of sp³-hybridized carbons (Fsp3) is 0.611. The second-order valence-corrected chi connectivity index (χ2v) is 7.25. The van der Waals surface area contributed by atoms with E-state index < -0.39 is 0 Å². The van der Waals surface area contributed by atoms with Gasteiger partial charge in [0.25, 0.3) is 0 Å². The highest BCUT2D eigenvalue weighted by Gasteiger charge is 2.40. The van der Waals surface area contributed by atoms with Crippen LogP contribution in [0.5, 0.6) is 0 Å². The van der Waals surface area contributed by atoms with Crippen molar-refractivity contribution in [2.75, 3.05) is 6.54 Å². The van der Waals surface area contributed by atoms with Crippen LogP contribution in [0.2, 0.25) is 5.02 Å². The zero-order valence-electron chi connectivity index (χ0n) is 13.4. The van der Waals surface area contributed by atoms with Crippen LogP contribution < -0.4 is 11.1 Å². The molecule has 1 aromatic rings. The molecular weight excluding hydrogens is 331 g/mol. The molecule has 1 amide bonds. The molecule has 0 heterocycles. The third-order valence-corrected chi connectivity index (χ3v) is 5.77. The van der Waals surface area contributed by atoms with Crippen molar-refractivity contribution in [2.24, 2.45) is 17.6 Å². The standard InChI is InChI=1S/C18H25ClN2O.ClH/c19-15-8-6-14(7-9-15)18(10-1-2-11-18)21-17(22)16-5-3-4-13(16)12-20;/h6-9,13,16H,1-5,10-12,20H2,(H,21,22);1H/t13-,16-;/m1./s1. The lowest BCUT2D eigenvalue weighted by Crippen LogP contribution is -2.47. The SMILES string of the molecule is Cl.NC[C@H]1CCC[C@H]1C(=O)NC1(c2ccc(Cl)cc2)CCCC1. The zero-order valence-corrected chi connectivity index (χ0v) is 15.0. The predicted octanol–water partition coefficient (Wildman–Crippen LogP) is 4.02. The van der Waals surface area contributed by atoms with Crippen LogP contribution in [0.1, 0.15) is 50.5 Å². The number of hydrogen-bond acceptors (Lipinski definition) is 2. The number of benzene rings is 1. The van der Waals surface area contributed by atoms with Crippen molar-refractivity contribution < 1.29 is 4.79 Å². The molecule has 0 aromatic heterocycles.